The summed E-state index contributed by atoms with van der Waals surface area (Å²) in [6.07, 6.45) is 1.41. The Balaban J connectivity index is 2.23. The van der Waals surface area contributed by atoms with Crippen LogP contribution < -0.4 is 19.9 Å². The lowest BCUT2D eigenvalue weighted by Crippen LogP contribution is -2.14. The van der Waals surface area contributed by atoms with Crippen LogP contribution in [0, 0.1) is 11.3 Å². The highest BCUT2D eigenvalue weighted by Crippen LogP contribution is 2.29. The number of nitriles is 1. The predicted octanol–water partition coefficient (Wildman–Crippen LogP) is 2.29. The van der Waals surface area contributed by atoms with Crippen LogP contribution in [-0.4, -0.2) is 28.0 Å². The van der Waals surface area contributed by atoms with E-state index >= 15 is 0 Å². The lowest BCUT2D eigenvalue weighted by Gasteiger charge is -2.10. The highest BCUT2D eigenvalue weighted by Gasteiger charge is 2.12. The van der Waals surface area contributed by atoms with E-state index in [-0.39, 0.29) is 10.5 Å². The van der Waals surface area contributed by atoms with Gasteiger partial charge in [-0.05, 0) is 55.0 Å². The van der Waals surface area contributed by atoms with Crippen molar-refractivity contribution in [2.45, 2.75) is 11.8 Å². The Morgan fingerprint density at radius 1 is 1.21 bits per heavy atom. The largest absolute Gasteiger partial charge is 0.493 e. The molecule has 0 aliphatic carbocycles. The summed E-state index contributed by atoms with van der Waals surface area (Å²) in [5.74, 6) is 0.395. The van der Waals surface area contributed by atoms with Gasteiger partial charge in [-0.25, -0.2) is 13.6 Å². The third kappa shape index (κ3) is 5.33. The Hall–Kier alpha value is -3.35. The highest BCUT2D eigenvalue weighted by molar-refractivity contribution is 7.89. The number of anilines is 1. The third-order valence-corrected chi connectivity index (χ3v) is 4.53. The van der Waals surface area contributed by atoms with E-state index in [1.165, 1.54) is 37.5 Å². The van der Waals surface area contributed by atoms with Gasteiger partial charge in [-0.2, -0.15) is 5.26 Å². The maximum Gasteiger partial charge on any atom is 0.266 e. The molecule has 0 unspecified atom stereocenters. The number of nitrogens with zero attached hydrogens (tertiary/aromatic N) is 1. The quantitative estimate of drug-likeness (QED) is 0.540. The Morgan fingerprint density at radius 3 is 2.43 bits per heavy atom. The second kappa shape index (κ2) is 9.03. The summed E-state index contributed by atoms with van der Waals surface area (Å²) in [5, 5.41) is 16.9. The molecule has 2 aromatic rings. The van der Waals surface area contributed by atoms with E-state index < -0.39 is 15.9 Å². The van der Waals surface area contributed by atoms with E-state index in [0.717, 1.165) is 0 Å². The maximum absolute atomic E-state index is 12.4. The van der Waals surface area contributed by atoms with E-state index in [2.05, 4.69) is 5.32 Å². The summed E-state index contributed by atoms with van der Waals surface area (Å²) in [4.78, 5) is 12.3. The standard InChI is InChI=1S/C19H19N3O5S/c1-3-27-18-11-13(4-9-17(18)26-2)10-14(12-20)19(23)22-15-5-7-16(8-6-15)28(21,24)25/h4-11H,3H2,1-2H3,(H,22,23)(H2,21,24,25). The SMILES string of the molecule is CCOc1cc(C=C(C#N)C(=O)Nc2ccc(S(N)(=O)=O)cc2)ccc1OC. The molecule has 0 heterocycles. The minimum absolute atomic E-state index is 0.0803. The van der Waals surface area contributed by atoms with Gasteiger partial charge in [0.15, 0.2) is 11.5 Å². The summed E-state index contributed by atoms with van der Waals surface area (Å²) in [6.45, 7) is 2.26. The van der Waals surface area contributed by atoms with Crippen molar-refractivity contribution >= 4 is 27.7 Å². The van der Waals surface area contributed by atoms with Crippen LogP contribution in [0.15, 0.2) is 52.9 Å². The van der Waals surface area contributed by atoms with Gasteiger partial charge in [0, 0.05) is 5.69 Å². The van der Waals surface area contributed by atoms with E-state index in [1.807, 2.05) is 13.0 Å². The Kier molecular flexibility index (Phi) is 6.76. The van der Waals surface area contributed by atoms with Crippen molar-refractivity contribution in [1.82, 2.24) is 0 Å². The number of benzene rings is 2. The molecular formula is C19H19N3O5S. The zero-order chi connectivity index (χ0) is 20.7. The molecule has 8 nitrogen and oxygen atoms in total. The predicted molar refractivity (Wildman–Crippen MR) is 104 cm³/mol. The fourth-order valence-corrected chi connectivity index (χ4v) is 2.81. The van der Waals surface area contributed by atoms with Crippen LogP contribution in [0.25, 0.3) is 6.08 Å². The van der Waals surface area contributed by atoms with Crippen LogP contribution in [0.1, 0.15) is 12.5 Å². The van der Waals surface area contributed by atoms with Gasteiger partial charge in [-0.3, -0.25) is 4.79 Å². The van der Waals surface area contributed by atoms with E-state index in [4.69, 9.17) is 14.6 Å². The average molecular weight is 401 g/mol. The second-order valence-corrected chi connectivity index (χ2v) is 7.10. The molecule has 2 rings (SSSR count). The van der Waals surface area contributed by atoms with Crippen LogP contribution in [-0.2, 0) is 14.8 Å². The fourth-order valence-electron chi connectivity index (χ4n) is 2.29. The van der Waals surface area contributed by atoms with E-state index in [0.29, 0.717) is 29.4 Å². The monoisotopic (exact) mass is 401 g/mol. The first-order valence-electron chi connectivity index (χ1n) is 8.15. The van der Waals surface area contributed by atoms with Crippen LogP contribution in [0.3, 0.4) is 0 Å². The first-order valence-corrected chi connectivity index (χ1v) is 9.70. The Morgan fingerprint density at radius 2 is 1.89 bits per heavy atom. The third-order valence-electron chi connectivity index (χ3n) is 3.60. The van der Waals surface area contributed by atoms with Gasteiger partial charge in [0.1, 0.15) is 11.6 Å². The van der Waals surface area contributed by atoms with Crippen molar-refractivity contribution in [2.24, 2.45) is 5.14 Å². The van der Waals surface area contributed by atoms with Crippen molar-refractivity contribution in [3.05, 3.63) is 53.6 Å². The molecule has 0 bridgehead atoms. The molecule has 0 spiro atoms. The van der Waals surface area contributed by atoms with E-state index in [9.17, 15) is 18.5 Å². The summed E-state index contributed by atoms with van der Waals surface area (Å²) >= 11 is 0. The molecule has 0 fully saturated rings. The average Bonchev–Trinajstić information content (AvgIpc) is 2.66. The van der Waals surface area contributed by atoms with Gasteiger partial charge in [0.25, 0.3) is 5.91 Å². The summed E-state index contributed by atoms with van der Waals surface area (Å²) in [5.41, 5.74) is 0.770. The van der Waals surface area contributed by atoms with Gasteiger partial charge in [0.05, 0.1) is 18.6 Å². The number of primary sulfonamides is 1. The van der Waals surface area contributed by atoms with Gasteiger partial charge >= 0.3 is 0 Å². The number of carbonyl (C=O) groups excluding carboxylic acids is 1. The van der Waals surface area contributed by atoms with Crippen LogP contribution in [0.2, 0.25) is 0 Å². The molecule has 0 saturated heterocycles. The molecule has 0 atom stereocenters. The van der Waals surface area contributed by atoms with Crippen LogP contribution >= 0.6 is 0 Å². The number of hydrogen-bond acceptors (Lipinski definition) is 6. The number of amides is 1. The summed E-state index contributed by atoms with van der Waals surface area (Å²) < 4.78 is 33.2. The van der Waals surface area contributed by atoms with Crippen molar-refractivity contribution in [3.63, 3.8) is 0 Å². The number of ether oxygens (including phenoxy) is 2. The van der Waals surface area contributed by atoms with Gasteiger partial charge in [-0.1, -0.05) is 6.07 Å². The zero-order valence-electron chi connectivity index (χ0n) is 15.3. The number of methoxy groups -OCH3 is 1. The number of nitrogens with one attached hydrogen (secondary N) is 1. The minimum Gasteiger partial charge on any atom is -0.493 e. The number of carbonyl (C=O) groups is 1. The van der Waals surface area contributed by atoms with E-state index in [1.54, 1.807) is 18.2 Å². The second-order valence-electron chi connectivity index (χ2n) is 5.54. The smallest absolute Gasteiger partial charge is 0.266 e. The molecule has 9 heteroatoms. The number of sulfonamides is 1. The number of rotatable bonds is 7. The van der Waals surface area contributed by atoms with Crippen LogP contribution in [0.5, 0.6) is 11.5 Å². The molecule has 3 N–H and O–H groups in total. The molecule has 0 aromatic heterocycles. The summed E-state index contributed by atoms with van der Waals surface area (Å²) in [7, 11) is -2.31. The molecule has 28 heavy (non-hydrogen) atoms. The first kappa shape index (κ1) is 21.0. The molecule has 0 aliphatic rings. The molecule has 0 aliphatic heterocycles. The van der Waals surface area contributed by atoms with Gasteiger partial charge in [0.2, 0.25) is 10.0 Å². The molecule has 2 aromatic carbocycles. The van der Waals surface area contributed by atoms with Crippen molar-refractivity contribution in [3.8, 4) is 17.6 Å². The number of nitrogens with two attached hydrogens (primary N) is 1. The minimum atomic E-state index is -3.82. The molecule has 1 amide bonds. The van der Waals surface area contributed by atoms with Crippen molar-refractivity contribution in [1.29, 1.82) is 5.26 Å². The summed E-state index contributed by atoms with van der Waals surface area (Å²) in [6, 6.07) is 12.2. The Bertz CT molecular complexity index is 1040. The van der Waals surface area contributed by atoms with Crippen molar-refractivity contribution in [2.75, 3.05) is 19.0 Å². The highest BCUT2D eigenvalue weighted by atomic mass is 32.2. The van der Waals surface area contributed by atoms with Crippen LogP contribution in [0.4, 0.5) is 5.69 Å². The fraction of sp³-hybridized carbons (Fsp3) is 0.158. The van der Waals surface area contributed by atoms with Crippen molar-refractivity contribution < 1.29 is 22.7 Å². The molecule has 0 radical (unpaired) electrons. The maximum atomic E-state index is 12.4. The topological polar surface area (TPSA) is 132 Å². The van der Waals surface area contributed by atoms with Gasteiger partial charge < -0.3 is 14.8 Å². The molecule has 146 valence electrons. The number of hydrogen-bond donors (Lipinski definition) is 2. The Labute approximate surface area is 163 Å². The lowest BCUT2D eigenvalue weighted by molar-refractivity contribution is -0.112. The molecule has 0 saturated carbocycles. The normalized spacial score (nSPS) is 11.4. The van der Waals surface area contributed by atoms with Gasteiger partial charge in [-0.15, -0.1) is 0 Å². The first-order chi connectivity index (χ1) is 13.3. The zero-order valence-corrected chi connectivity index (χ0v) is 16.1. The molecular weight excluding hydrogens is 382 g/mol. The lowest BCUT2D eigenvalue weighted by atomic mass is 10.1.